The highest BCUT2D eigenvalue weighted by atomic mass is 79.9. The zero-order chi connectivity index (χ0) is 17.2. The topological polar surface area (TPSA) is 73.8 Å². The van der Waals surface area contributed by atoms with Crippen molar-refractivity contribution in [3.05, 3.63) is 74.6 Å². The van der Waals surface area contributed by atoms with Gasteiger partial charge in [0.15, 0.2) is 0 Å². The molecule has 1 aromatic carbocycles. The zero-order valence-electron chi connectivity index (χ0n) is 12.8. The molecule has 0 amide bonds. The quantitative estimate of drug-likeness (QED) is 0.507. The van der Waals surface area contributed by atoms with E-state index in [4.69, 9.17) is 4.52 Å². The summed E-state index contributed by atoms with van der Waals surface area (Å²) >= 11 is 4.93. The largest absolute Gasteiger partial charge is 0.337 e. The van der Waals surface area contributed by atoms with E-state index in [2.05, 4.69) is 31.2 Å². The van der Waals surface area contributed by atoms with Crippen LogP contribution in [0.25, 0.3) is 22.0 Å². The Bertz CT molecular complexity index is 1050. The molecule has 0 saturated heterocycles. The van der Waals surface area contributed by atoms with Crippen LogP contribution in [0.1, 0.15) is 5.89 Å². The van der Waals surface area contributed by atoms with Gasteiger partial charge in [-0.25, -0.2) is 4.68 Å². The Balaban J connectivity index is 1.63. The number of thiophene rings is 1. The molecular formula is C17H11BrN4O2S. The Morgan fingerprint density at radius 1 is 1.12 bits per heavy atom. The van der Waals surface area contributed by atoms with E-state index in [9.17, 15) is 4.79 Å². The second-order valence-electron chi connectivity index (χ2n) is 5.21. The van der Waals surface area contributed by atoms with Gasteiger partial charge in [-0.05, 0) is 29.6 Å². The first-order chi connectivity index (χ1) is 12.2. The van der Waals surface area contributed by atoms with Gasteiger partial charge in [0.25, 0.3) is 5.56 Å². The molecule has 0 radical (unpaired) electrons. The monoisotopic (exact) mass is 414 g/mol. The van der Waals surface area contributed by atoms with E-state index in [1.165, 1.54) is 22.1 Å². The summed E-state index contributed by atoms with van der Waals surface area (Å²) in [6, 6.07) is 14.7. The number of nitrogens with zero attached hydrogens (tertiary/aromatic N) is 4. The molecule has 0 spiro atoms. The molecule has 0 aliphatic rings. The minimum atomic E-state index is -0.225. The molecule has 0 fully saturated rings. The fraction of sp³-hybridized carbons (Fsp3) is 0.0588. The lowest BCUT2D eigenvalue weighted by Crippen LogP contribution is -2.23. The Hall–Kier alpha value is -2.58. The molecule has 0 saturated carbocycles. The summed E-state index contributed by atoms with van der Waals surface area (Å²) in [6.45, 7) is 0.127. The SMILES string of the molecule is O=c1ccc(-c2ccc(Br)cc2)nn1Cc1nc(-c2cccs2)no1. The Kier molecular flexibility index (Phi) is 4.29. The molecule has 4 rings (SSSR count). The molecule has 0 N–H and O–H groups in total. The highest BCUT2D eigenvalue weighted by Crippen LogP contribution is 2.22. The van der Waals surface area contributed by atoms with Gasteiger partial charge in [-0.3, -0.25) is 4.79 Å². The average molecular weight is 415 g/mol. The first-order valence-electron chi connectivity index (χ1n) is 7.39. The summed E-state index contributed by atoms with van der Waals surface area (Å²) in [5, 5.41) is 10.3. The van der Waals surface area contributed by atoms with E-state index in [1.807, 2.05) is 41.8 Å². The van der Waals surface area contributed by atoms with Crippen LogP contribution in [-0.2, 0) is 6.54 Å². The molecule has 25 heavy (non-hydrogen) atoms. The van der Waals surface area contributed by atoms with Crippen molar-refractivity contribution in [3.8, 4) is 22.0 Å². The van der Waals surface area contributed by atoms with Gasteiger partial charge in [0.2, 0.25) is 11.7 Å². The van der Waals surface area contributed by atoms with Gasteiger partial charge >= 0.3 is 0 Å². The van der Waals surface area contributed by atoms with Crippen LogP contribution in [0.5, 0.6) is 0 Å². The molecule has 124 valence electrons. The first kappa shape index (κ1) is 15.9. The standard InChI is InChI=1S/C17H11BrN4O2S/c18-12-5-3-11(4-6-12)13-7-8-16(23)22(20-13)10-15-19-17(21-24-15)14-2-1-9-25-14/h1-9H,10H2. The molecule has 0 aliphatic carbocycles. The normalized spacial score (nSPS) is 10.9. The maximum absolute atomic E-state index is 12.1. The van der Waals surface area contributed by atoms with Crippen molar-refractivity contribution in [2.75, 3.05) is 0 Å². The number of rotatable bonds is 4. The van der Waals surface area contributed by atoms with Crippen molar-refractivity contribution in [1.82, 2.24) is 19.9 Å². The van der Waals surface area contributed by atoms with Crippen LogP contribution in [0, 0.1) is 0 Å². The molecule has 3 aromatic heterocycles. The summed E-state index contributed by atoms with van der Waals surface area (Å²) in [7, 11) is 0. The van der Waals surface area contributed by atoms with Gasteiger partial charge in [-0.2, -0.15) is 10.1 Å². The van der Waals surface area contributed by atoms with Crippen LogP contribution in [0.4, 0.5) is 0 Å². The van der Waals surface area contributed by atoms with Crippen LogP contribution in [0.2, 0.25) is 0 Å². The smallest absolute Gasteiger partial charge is 0.267 e. The van der Waals surface area contributed by atoms with Gasteiger partial charge in [-0.1, -0.05) is 39.3 Å². The van der Waals surface area contributed by atoms with E-state index in [1.54, 1.807) is 6.07 Å². The number of aromatic nitrogens is 4. The van der Waals surface area contributed by atoms with Gasteiger partial charge in [0, 0.05) is 16.1 Å². The Morgan fingerprint density at radius 3 is 2.72 bits per heavy atom. The van der Waals surface area contributed by atoms with E-state index in [-0.39, 0.29) is 12.1 Å². The minimum absolute atomic E-state index is 0.127. The van der Waals surface area contributed by atoms with Gasteiger partial charge in [0.1, 0.15) is 6.54 Å². The van der Waals surface area contributed by atoms with E-state index < -0.39 is 0 Å². The lowest BCUT2D eigenvalue weighted by molar-refractivity contribution is 0.363. The van der Waals surface area contributed by atoms with Crippen LogP contribution in [0.3, 0.4) is 0 Å². The molecular weight excluding hydrogens is 404 g/mol. The molecule has 4 aromatic rings. The van der Waals surface area contributed by atoms with Gasteiger partial charge in [0.05, 0.1) is 10.6 Å². The Labute approximate surface area is 154 Å². The third kappa shape index (κ3) is 3.45. The lowest BCUT2D eigenvalue weighted by atomic mass is 10.1. The fourth-order valence-electron chi connectivity index (χ4n) is 2.29. The third-order valence-electron chi connectivity index (χ3n) is 3.50. The van der Waals surface area contributed by atoms with E-state index in [0.717, 1.165) is 14.9 Å². The number of halogens is 1. The number of hydrogen-bond acceptors (Lipinski definition) is 6. The lowest BCUT2D eigenvalue weighted by Gasteiger charge is -2.05. The van der Waals surface area contributed by atoms with E-state index >= 15 is 0 Å². The minimum Gasteiger partial charge on any atom is -0.337 e. The van der Waals surface area contributed by atoms with Crippen molar-refractivity contribution in [2.45, 2.75) is 6.54 Å². The summed E-state index contributed by atoms with van der Waals surface area (Å²) in [4.78, 5) is 17.3. The molecule has 0 atom stereocenters. The summed E-state index contributed by atoms with van der Waals surface area (Å²) in [5.41, 5.74) is 1.39. The van der Waals surface area contributed by atoms with Crippen LogP contribution in [0.15, 0.2) is 67.7 Å². The van der Waals surface area contributed by atoms with Crippen molar-refractivity contribution in [1.29, 1.82) is 0 Å². The Morgan fingerprint density at radius 2 is 1.96 bits per heavy atom. The maximum Gasteiger partial charge on any atom is 0.267 e. The fourth-order valence-corrected chi connectivity index (χ4v) is 3.20. The third-order valence-corrected chi connectivity index (χ3v) is 4.90. The average Bonchev–Trinajstić information content (AvgIpc) is 3.29. The first-order valence-corrected chi connectivity index (χ1v) is 9.07. The number of benzene rings is 1. The van der Waals surface area contributed by atoms with Crippen molar-refractivity contribution >= 4 is 27.3 Å². The van der Waals surface area contributed by atoms with Crippen molar-refractivity contribution in [2.24, 2.45) is 0 Å². The summed E-state index contributed by atoms with van der Waals surface area (Å²) < 4.78 is 7.55. The predicted octanol–water partition coefficient (Wildman–Crippen LogP) is 3.83. The molecule has 0 aliphatic heterocycles. The van der Waals surface area contributed by atoms with Gasteiger partial charge in [-0.15, -0.1) is 11.3 Å². The second-order valence-corrected chi connectivity index (χ2v) is 7.07. The highest BCUT2D eigenvalue weighted by molar-refractivity contribution is 9.10. The molecule has 0 unspecified atom stereocenters. The van der Waals surface area contributed by atoms with Crippen molar-refractivity contribution < 1.29 is 4.52 Å². The van der Waals surface area contributed by atoms with Crippen molar-refractivity contribution in [3.63, 3.8) is 0 Å². The van der Waals surface area contributed by atoms with Crippen LogP contribution in [-0.4, -0.2) is 19.9 Å². The van der Waals surface area contributed by atoms with Crippen LogP contribution < -0.4 is 5.56 Å². The van der Waals surface area contributed by atoms with Crippen LogP contribution >= 0.6 is 27.3 Å². The highest BCUT2D eigenvalue weighted by Gasteiger charge is 2.12. The van der Waals surface area contributed by atoms with Gasteiger partial charge < -0.3 is 4.52 Å². The second kappa shape index (κ2) is 6.73. The van der Waals surface area contributed by atoms with E-state index in [0.29, 0.717) is 17.4 Å². The molecule has 3 heterocycles. The molecule has 8 heteroatoms. The summed E-state index contributed by atoms with van der Waals surface area (Å²) in [5.74, 6) is 0.855. The summed E-state index contributed by atoms with van der Waals surface area (Å²) in [6.07, 6.45) is 0. The molecule has 0 bridgehead atoms. The molecule has 6 nitrogen and oxygen atoms in total. The zero-order valence-corrected chi connectivity index (χ0v) is 15.2. The number of hydrogen-bond donors (Lipinski definition) is 0. The maximum atomic E-state index is 12.1. The predicted molar refractivity (Wildman–Crippen MR) is 98.3 cm³/mol.